The van der Waals surface area contributed by atoms with E-state index in [9.17, 15) is 9.90 Å². The molecule has 0 spiro atoms. The van der Waals surface area contributed by atoms with Crippen LogP contribution in [0.25, 0.3) is 0 Å². The maximum absolute atomic E-state index is 12.8. The van der Waals surface area contributed by atoms with E-state index in [4.69, 9.17) is 4.74 Å². The fourth-order valence-electron chi connectivity index (χ4n) is 3.13. The van der Waals surface area contributed by atoms with Crippen molar-refractivity contribution >= 4 is 21.8 Å². The summed E-state index contributed by atoms with van der Waals surface area (Å²) < 4.78 is 6.01. The smallest absolute Gasteiger partial charge is 0.255 e. The van der Waals surface area contributed by atoms with E-state index in [1.54, 1.807) is 25.3 Å². The van der Waals surface area contributed by atoms with Crippen LogP contribution in [-0.2, 0) is 0 Å². The molecule has 5 heteroatoms. The fourth-order valence-corrected chi connectivity index (χ4v) is 3.54. The summed E-state index contributed by atoms with van der Waals surface area (Å²) in [6, 6.07) is 12.8. The molecular weight excluding hydrogens is 370 g/mol. The number of carbonyl (C=O) groups excluding carboxylic acids is 1. The summed E-state index contributed by atoms with van der Waals surface area (Å²) in [5.41, 5.74) is 1.86. The van der Waals surface area contributed by atoms with Gasteiger partial charge in [0.2, 0.25) is 0 Å². The number of phenols is 1. The van der Waals surface area contributed by atoms with Gasteiger partial charge in [0.25, 0.3) is 5.91 Å². The van der Waals surface area contributed by atoms with Gasteiger partial charge in [0.1, 0.15) is 11.5 Å². The largest absolute Gasteiger partial charge is 0.508 e. The zero-order valence-corrected chi connectivity index (χ0v) is 15.1. The number of carbonyl (C=O) groups is 1. The number of ether oxygens (including phenoxy) is 1. The molecule has 0 aromatic heterocycles. The molecule has 1 aliphatic rings. The second-order valence-electron chi connectivity index (χ2n) is 6.00. The molecule has 2 aromatic carbocycles. The molecular formula is C19H20BrNO3. The number of aromatic hydroxyl groups is 1. The summed E-state index contributed by atoms with van der Waals surface area (Å²) in [6.07, 6.45) is 1.86. The highest BCUT2D eigenvalue weighted by Gasteiger charge is 2.25. The molecule has 126 valence electrons. The highest BCUT2D eigenvalue weighted by Crippen LogP contribution is 2.31. The van der Waals surface area contributed by atoms with E-state index < -0.39 is 0 Å². The fraction of sp³-hybridized carbons (Fsp3) is 0.316. The van der Waals surface area contributed by atoms with Gasteiger partial charge < -0.3 is 14.7 Å². The number of piperidine rings is 1. The van der Waals surface area contributed by atoms with Crippen molar-refractivity contribution in [2.75, 3.05) is 20.2 Å². The van der Waals surface area contributed by atoms with Crippen LogP contribution in [0.15, 0.2) is 46.9 Å². The quantitative estimate of drug-likeness (QED) is 0.856. The first kappa shape index (κ1) is 16.8. The molecule has 1 fully saturated rings. The van der Waals surface area contributed by atoms with Crippen LogP contribution in [0.3, 0.4) is 0 Å². The Kier molecular flexibility index (Phi) is 5.09. The SMILES string of the molecule is COc1ccc(Br)c(C(=O)N2CCC(c3ccc(O)cc3)CC2)c1. The van der Waals surface area contributed by atoms with E-state index in [1.807, 2.05) is 29.2 Å². The highest BCUT2D eigenvalue weighted by atomic mass is 79.9. The van der Waals surface area contributed by atoms with E-state index in [2.05, 4.69) is 15.9 Å². The van der Waals surface area contributed by atoms with Crippen molar-refractivity contribution in [3.63, 3.8) is 0 Å². The van der Waals surface area contributed by atoms with Gasteiger partial charge in [0, 0.05) is 17.6 Å². The Labute approximate surface area is 150 Å². The second-order valence-corrected chi connectivity index (χ2v) is 6.86. The van der Waals surface area contributed by atoms with Crippen LogP contribution in [-0.4, -0.2) is 36.1 Å². The molecule has 0 radical (unpaired) electrons. The lowest BCUT2D eigenvalue weighted by Crippen LogP contribution is -2.38. The molecule has 0 saturated carbocycles. The van der Waals surface area contributed by atoms with Gasteiger partial charge in [-0.05, 0) is 70.6 Å². The van der Waals surface area contributed by atoms with Gasteiger partial charge in [0.15, 0.2) is 0 Å². The third kappa shape index (κ3) is 3.56. The molecule has 1 N–H and O–H groups in total. The van der Waals surface area contributed by atoms with Crippen LogP contribution in [0, 0.1) is 0 Å². The minimum Gasteiger partial charge on any atom is -0.508 e. The lowest BCUT2D eigenvalue weighted by molar-refractivity contribution is 0.0711. The van der Waals surface area contributed by atoms with E-state index in [1.165, 1.54) is 5.56 Å². The molecule has 0 unspecified atom stereocenters. The normalized spacial score (nSPS) is 15.3. The van der Waals surface area contributed by atoms with Crippen molar-refractivity contribution in [3.8, 4) is 11.5 Å². The molecule has 0 bridgehead atoms. The van der Waals surface area contributed by atoms with Gasteiger partial charge in [-0.2, -0.15) is 0 Å². The molecule has 0 atom stereocenters. The van der Waals surface area contributed by atoms with Crippen LogP contribution in [0.1, 0.15) is 34.7 Å². The van der Waals surface area contributed by atoms with Gasteiger partial charge in [-0.3, -0.25) is 4.79 Å². The average Bonchev–Trinajstić information content (AvgIpc) is 2.62. The first-order valence-electron chi connectivity index (χ1n) is 8.00. The van der Waals surface area contributed by atoms with Crippen LogP contribution >= 0.6 is 15.9 Å². The van der Waals surface area contributed by atoms with Crippen LogP contribution < -0.4 is 4.74 Å². The first-order valence-corrected chi connectivity index (χ1v) is 8.79. The second kappa shape index (κ2) is 7.26. The van der Waals surface area contributed by atoms with Crippen LogP contribution in [0.2, 0.25) is 0 Å². The van der Waals surface area contributed by atoms with Crippen molar-refractivity contribution in [1.29, 1.82) is 0 Å². The molecule has 0 aliphatic carbocycles. The molecule has 1 amide bonds. The number of hydrogen-bond donors (Lipinski definition) is 1. The molecule has 24 heavy (non-hydrogen) atoms. The Morgan fingerprint density at radius 2 is 1.83 bits per heavy atom. The summed E-state index contributed by atoms with van der Waals surface area (Å²) in [7, 11) is 1.60. The van der Waals surface area contributed by atoms with Crippen molar-refractivity contribution in [1.82, 2.24) is 4.90 Å². The van der Waals surface area contributed by atoms with E-state index in [-0.39, 0.29) is 11.7 Å². The number of halogens is 1. The number of hydrogen-bond acceptors (Lipinski definition) is 3. The number of rotatable bonds is 3. The van der Waals surface area contributed by atoms with Gasteiger partial charge in [-0.15, -0.1) is 0 Å². The maximum atomic E-state index is 12.8. The topological polar surface area (TPSA) is 49.8 Å². The van der Waals surface area contributed by atoms with Gasteiger partial charge in [-0.25, -0.2) is 0 Å². The summed E-state index contributed by atoms with van der Waals surface area (Å²) in [6.45, 7) is 1.46. The van der Waals surface area contributed by atoms with Crippen molar-refractivity contribution in [2.45, 2.75) is 18.8 Å². The Morgan fingerprint density at radius 3 is 2.46 bits per heavy atom. The first-order chi connectivity index (χ1) is 11.6. The minimum atomic E-state index is 0.0323. The van der Waals surface area contributed by atoms with E-state index >= 15 is 0 Å². The van der Waals surface area contributed by atoms with Gasteiger partial charge in [0.05, 0.1) is 12.7 Å². The van der Waals surface area contributed by atoms with Gasteiger partial charge in [-0.1, -0.05) is 12.1 Å². The Balaban J connectivity index is 1.68. The molecule has 4 nitrogen and oxygen atoms in total. The van der Waals surface area contributed by atoms with E-state index in [0.717, 1.165) is 30.4 Å². The average molecular weight is 390 g/mol. The zero-order valence-electron chi connectivity index (χ0n) is 13.5. The number of amides is 1. The standard InChI is InChI=1S/C19H20BrNO3/c1-24-16-6-7-18(20)17(12-16)19(23)21-10-8-14(9-11-21)13-2-4-15(22)5-3-13/h2-7,12,14,22H,8-11H2,1H3. The van der Waals surface area contributed by atoms with Crippen molar-refractivity contribution in [3.05, 3.63) is 58.1 Å². The maximum Gasteiger partial charge on any atom is 0.255 e. The van der Waals surface area contributed by atoms with Crippen molar-refractivity contribution < 1.29 is 14.6 Å². The monoisotopic (exact) mass is 389 g/mol. The van der Waals surface area contributed by atoms with Crippen LogP contribution in [0.5, 0.6) is 11.5 Å². The molecule has 1 saturated heterocycles. The minimum absolute atomic E-state index is 0.0323. The molecule has 1 aliphatic heterocycles. The summed E-state index contributed by atoms with van der Waals surface area (Å²) in [5, 5.41) is 9.40. The number of phenolic OH excluding ortho intramolecular Hbond substituents is 1. The highest BCUT2D eigenvalue weighted by molar-refractivity contribution is 9.10. The molecule has 3 rings (SSSR count). The molecule has 2 aromatic rings. The van der Waals surface area contributed by atoms with Gasteiger partial charge >= 0.3 is 0 Å². The molecule has 1 heterocycles. The van der Waals surface area contributed by atoms with E-state index in [0.29, 0.717) is 17.2 Å². The summed E-state index contributed by atoms with van der Waals surface area (Å²) in [5.74, 6) is 1.43. The third-order valence-corrected chi connectivity index (χ3v) is 5.24. The lowest BCUT2D eigenvalue weighted by atomic mass is 9.89. The summed E-state index contributed by atoms with van der Waals surface area (Å²) in [4.78, 5) is 14.7. The Morgan fingerprint density at radius 1 is 1.17 bits per heavy atom. The number of methoxy groups -OCH3 is 1. The Hall–Kier alpha value is -2.01. The van der Waals surface area contributed by atoms with Crippen molar-refractivity contribution in [2.24, 2.45) is 0 Å². The Bertz CT molecular complexity index is 722. The van der Waals surface area contributed by atoms with Crippen LogP contribution in [0.4, 0.5) is 0 Å². The summed E-state index contributed by atoms with van der Waals surface area (Å²) >= 11 is 3.46. The number of nitrogens with zero attached hydrogens (tertiary/aromatic N) is 1. The third-order valence-electron chi connectivity index (χ3n) is 4.55. The zero-order chi connectivity index (χ0) is 17.1. The number of benzene rings is 2. The number of likely N-dealkylation sites (tertiary alicyclic amines) is 1. The predicted molar refractivity (Wildman–Crippen MR) is 96.7 cm³/mol. The lowest BCUT2D eigenvalue weighted by Gasteiger charge is -2.32. The predicted octanol–water partition coefficient (Wildman–Crippen LogP) is 4.18.